The zero-order valence-electron chi connectivity index (χ0n) is 8.31. The van der Waals surface area contributed by atoms with E-state index in [0.29, 0.717) is 0 Å². The van der Waals surface area contributed by atoms with E-state index in [1.165, 1.54) is 7.11 Å². The van der Waals surface area contributed by atoms with Crippen molar-refractivity contribution in [2.45, 2.75) is 0 Å². The average molecular weight is 183 g/mol. The van der Waals surface area contributed by atoms with E-state index in [2.05, 4.69) is 9.73 Å². The smallest absolute Gasteiger partial charge is 0.616 e. The molecule has 0 radical (unpaired) electrons. The Morgan fingerprint density at radius 3 is 2.57 bits per heavy atom. The van der Waals surface area contributed by atoms with E-state index in [4.69, 9.17) is 0 Å². The Morgan fingerprint density at radius 2 is 2.00 bits per heavy atom. The number of benzene rings is 1. The van der Waals surface area contributed by atoms with Crippen molar-refractivity contribution >= 4 is 6.21 Å². The van der Waals surface area contributed by atoms with Gasteiger partial charge in [0.15, 0.2) is 0 Å². The van der Waals surface area contributed by atoms with Crippen molar-refractivity contribution in [2.75, 3.05) is 7.11 Å². The molecule has 0 atom stereocenters. The van der Waals surface area contributed by atoms with Crippen LogP contribution in [-0.4, -0.2) is 13.3 Å². The Bertz CT molecular complexity index is 309. The maximum Gasteiger partial charge on any atom is 1.00 e. The van der Waals surface area contributed by atoms with E-state index in [1.54, 1.807) is 6.21 Å². The molecule has 0 aliphatic carbocycles. The molecule has 0 N–H and O–H groups in total. The molecule has 0 heterocycles. The molecule has 0 unspecified atom stereocenters. The molecule has 1 aromatic carbocycles. The summed E-state index contributed by atoms with van der Waals surface area (Å²) < 4.78 is 4.38. The van der Waals surface area contributed by atoms with Crippen LogP contribution in [0.1, 0.15) is 5.56 Å². The van der Waals surface area contributed by atoms with Crippen molar-refractivity contribution in [3.8, 4) is 0 Å². The van der Waals surface area contributed by atoms with E-state index in [0.717, 1.165) is 11.8 Å². The summed E-state index contributed by atoms with van der Waals surface area (Å²) in [6.45, 7) is 0. The number of methoxy groups -OCH3 is 1. The topological polar surface area (TPSA) is 44.6 Å². The van der Waals surface area contributed by atoms with Gasteiger partial charge in [0, 0.05) is 12.4 Å². The van der Waals surface area contributed by atoms with E-state index < -0.39 is 5.95 Å². The van der Waals surface area contributed by atoms with Crippen LogP contribution in [0.3, 0.4) is 0 Å². The molecule has 1 rings (SSSR count). The van der Waals surface area contributed by atoms with Gasteiger partial charge in [0.25, 0.3) is 0 Å². The maximum absolute atomic E-state index is 10.6. The van der Waals surface area contributed by atoms with E-state index in [9.17, 15) is 5.11 Å². The number of hydrogen-bond acceptors (Lipinski definition) is 3. The van der Waals surface area contributed by atoms with Gasteiger partial charge in [-0.25, -0.2) is 0 Å². The number of hydrogen-bond donors (Lipinski definition) is 0. The molecule has 0 aliphatic heterocycles. The molecule has 0 saturated heterocycles. The fourth-order valence-corrected chi connectivity index (χ4v) is 0.776. The first kappa shape index (κ1) is 12.8. The fraction of sp³-hybridized carbons (Fsp3) is 0.100. The molecule has 0 saturated carbocycles. The van der Waals surface area contributed by atoms with Crippen molar-refractivity contribution < 1.29 is 28.7 Å². The van der Waals surface area contributed by atoms with Gasteiger partial charge in [0.05, 0.1) is 5.95 Å². The zero-order valence-corrected chi connectivity index (χ0v) is 8.31. The van der Waals surface area contributed by atoms with Gasteiger partial charge in [-0.15, -0.1) is 0 Å². The van der Waals surface area contributed by atoms with Crippen molar-refractivity contribution in [1.82, 2.24) is 0 Å². The summed E-state index contributed by atoms with van der Waals surface area (Å²) in [6, 6.07) is 9.52. The zero-order chi connectivity index (χ0) is 9.52. The van der Waals surface area contributed by atoms with Gasteiger partial charge in [-0.1, -0.05) is 30.3 Å². The molecule has 3 nitrogen and oxygen atoms in total. The molecule has 0 amide bonds. The molecule has 68 valence electrons. The largest absolute Gasteiger partial charge is 1.00 e. The third-order valence-corrected chi connectivity index (χ3v) is 1.40. The average Bonchev–Trinajstić information content (AvgIpc) is 2.19. The van der Waals surface area contributed by atoms with Crippen molar-refractivity contribution in [2.24, 2.45) is 4.99 Å². The van der Waals surface area contributed by atoms with Crippen molar-refractivity contribution in [1.29, 1.82) is 0 Å². The van der Waals surface area contributed by atoms with E-state index in [1.807, 2.05) is 30.3 Å². The van der Waals surface area contributed by atoms with Crippen LogP contribution in [0.25, 0.3) is 0 Å². The molecule has 0 spiro atoms. The van der Waals surface area contributed by atoms with Crippen LogP contribution in [0.4, 0.5) is 0 Å². The predicted molar refractivity (Wildman–Crippen MR) is 49.1 cm³/mol. The molecule has 0 aliphatic rings. The summed E-state index contributed by atoms with van der Waals surface area (Å²) in [5.74, 6) is -0.452. The van der Waals surface area contributed by atoms with Crippen LogP contribution in [-0.2, 0) is 4.74 Å². The minimum absolute atomic E-state index is 0. The number of ether oxygens (including phenoxy) is 1. The first-order valence-electron chi connectivity index (χ1n) is 3.82. The minimum Gasteiger partial charge on any atom is -0.616 e. The van der Waals surface area contributed by atoms with Crippen molar-refractivity contribution in [3.05, 3.63) is 48.0 Å². The summed E-state index contributed by atoms with van der Waals surface area (Å²) in [6.07, 6.45) is 2.73. The van der Waals surface area contributed by atoms with Gasteiger partial charge in [0.2, 0.25) is 0 Å². The van der Waals surface area contributed by atoms with E-state index in [-0.39, 0.29) is 18.9 Å². The summed E-state index contributed by atoms with van der Waals surface area (Å²) >= 11 is 0. The van der Waals surface area contributed by atoms with Crippen molar-refractivity contribution in [3.63, 3.8) is 0 Å². The number of rotatable bonds is 3. The predicted octanol–water partition coefficient (Wildman–Crippen LogP) is -2.08. The molecule has 1 aromatic rings. The van der Waals surface area contributed by atoms with Crippen LogP contribution in [0.15, 0.2) is 47.5 Å². The Labute approximate surface area is 95.3 Å². The second kappa shape index (κ2) is 7.25. The molecule has 0 aromatic heterocycles. The van der Waals surface area contributed by atoms with Gasteiger partial charge in [0.1, 0.15) is 0 Å². The molecular weight excluding hydrogens is 173 g/mol. The van der Waals surface area contributed by atoms with E-state index >= 15 is 0 Å². The standard InChI is InChI=1S/C10H11NO2.Li/c1-13-10(12)8-11-7-9-5-3-2-4-6-9;/h2-8,12H,1H3;/q;+1/p-1/b10-8+,11-7?;. The summed E-state index contributed by atoms with van der Waals surface area (Å²) in [4.78, 5) is 3.79. The summed E-state index contributed by atoms with van der Waals surface area (Å²) in [5.41, 5.74) is 0.947. The first-order valence-corrected chi connectivity index (χ1v) is 3.82. The second-order valence-electron chi connectivity index (χ2n) is 2.34. The van der Waals surface area contributed by atoms with Gasteiger partial charge in [-0.05, 0) is 12.7 Å². The Balaban J connectivity index is 0.00000169. The fourth-order valence-electron chi connectivity index (χ4n) is 0.776. The Hall–Kier alpha value is -1.17. The van der Waals surface area contributed by atoms with Crippen LogP contribution in [0.5, 0.6) is 0 Å². The molecular formula is C10H10LiNO2. The van der Waals surface area contributed by atoms with Crippen LogP contribution in [0, 0.1) is 0 Å². The minimum atomic E-state index is -0.452. The third kappa shape index (κ3) is 4.76. The Kier molecular flexibility index (Phi) is 6.64. The number of aliphatic imine (C=N–C) groups is 1. The van der Waals surface area contributed by atoms with Gasteiger partial charge in [-0.2, -0.15) is 0 Å². The van der Waals surface area contributed by atoms with Crippen LogP contribution >= 0.6 is 0 Å². The SMILES string of the molecule is CO/C([O-])=C/N=Cc1ccccc1.[Li+]. The van der Waals surface area contributed by atoms with Crippen LogP contribution < -0.4 is 24.0 Å². The monoisotopic (exact) mass is 183 g/mol. The van der Waals surface area contributed by atoms with Gasteiger partial charge < -0.3 is 9.84 Å². The van der Waals surface area contributed by atoms with Crippen LogP contribution in [0.2, 0.25) is 0 Å². The normalized spacial score (nSPS) is 11.1. The second-order valence-corrected chi connectivity index (χ2v) is 2.34. The molecule has 0 fully saturated rings. The number of nitrogens with zero attached hydrogens (tertiary/aromatic N) is 1. The molecule has 4 heteroatoms. The third-order valence-electron chi connectivity index (χ3n) is 1.40. The summed E-state index contributed by atoms with van der Waals surface area (Å²) in [7, 11) is 1.32. The maximum atomic E-state index is 10.6. The molecule has 14 heavy (non-hydrogen) atoms. The van der Waals surface area contributed by atoms with Gasteiger partial charge in [-0.3, -0.25) is 4.99 Å². The summed E-state index contributed by atoms with van der Waals surface area (Å²) in [5, 5.41) is 10.6. The first-order chi connectivity index (χ1) is 6.33. The quantitative estimate of drug-likeness (QED) is 0.306. The Morgan fingerprint density at radius 1 is 1.36 bits per heavy atom. The van der Waals surface area contributed by atoms with Gasteiger partial charge >= 0.3 is 18.9 Å². The molecule has 0 bridgehead atoms.